The van der Waals surface area contributed by atoms with Crippen molar-refractivity contribution in [2.75, 3.05) is 26.2 Å². The molecule has 8 heteroatoms. The van der Waals surface area contributed by atoms with Gasteiger partial charge in [0.15, 0.2) is 0 Å². The lowest BCUT2D eigenvalue weighted by Crippen LogP contribution is -2.46. The number of alkyl halides is 6. The average Bonchev–Trinajstić information content (AvgIpc) is 2.65. The SMILES string of the molecule is FC(F)(F)c1cccc(CCN2CCNC(c3ccccc3)C2)c1C(F)(F)F. The molecule has 2 aromatic rings. The van der Waals surface area contributed by atoms with Crippen LogP contribution in [0.2, 0.25) is 0 Å². The van der Waals surface area contributed by atoms with E-state index in [1.54, 1.807) is 0 Å². The van der Waals surface area contributed by atoms with Crippen LogP contribution in [0.25, 0.3) is 0 Å². The fourth-order valence-corrected chi connectivity index (χ4v) is 3.58. The van der Waals surface area contributed by atoms with Gasteiger partial charge in [0.1, 0.15) is 0 Å². The van der Waals surface area contributed by atoms with Crippen molar-refractivity contribution in [2.24, 2.45) is 0 Å². The summed E-state index contributed by atoms with van der Waals surface area (Å²) in [6.07, 6.45) is -10.2. The van der Waals surface area contributed by atoms with Crippen LogP contribution >= 0.6 is 0 Å². The van der Waals surface area contributed by atoms with Crippen LogP contribution in [0.4, 0.5) is 26.3 Å². The fraction of sp³-hybridized carbons (Fsp3) is 0.400. The van der Waals surface area contributed by atoms with Gasteiger partial charge in [0, 0.05) is 32.2 Å². The molecule has 1 aliphatic heterocycles. The van der Waals surface area contributed by atoms with E-state index in [4.69, 9.17) is 0 Å². The highest BCUT2D eigenvalue weighted by molar-refractivity contribution is 5.39. The van der Waals surface area contributed by atoms with Gasteiger partial charge in [-0.3, -0.25) is 4.90 Å². The van der Waals surface area contributed by atoms with Crippen molar-refractivity contribution in [3.05, 3.63) is 70.8 Å². The minimum absolute atomic E-state index is 0.0403. The summed E-state index contributed by atoms with van der Waals surface area (Å²) in [5, 5.41) is 3.36. The quantitative estimate of drug-likeness (QED) is 0.731. The van der Waals surface area contributed by atoms with Gasteiger partial charge >= 0.3 is 12.4 Å². The van der Waals surface area contributed by atoms with Crippen molar-refractivity contribution in [1.29, 1.82) is 0 Å². The summed E-state index contributed by atoms with van der Waals surface area (Å²) >= 11 is 0. The molecule has 1 unspecified atom stereocenters. The Morgan fingerprint density at radius 3 is 2.25 bits per heavy atom. The Morgan fingerprint density at radius 2 is 1.61 bits per heavy atom. The zero-order chi connectivity index (χ0) is 20.4. The first kappa shape index (κ1) is 20.7. The van der Waals surface area contributed by atoms with Crippen LogP contribution in [-0.2, 0) is 18.8 Å². The summed E-state index contributed by atoms with van der Waals surface area (Å²) in [7, 11) is 0. The maximum atomic E-state index is 13.4. The second-order valence-corrected chi connectivity index (χ2v) is 6.80. The molecule has 0 bridgehead atoms. The third kappa shape index (κ3) is 4.86. The first-order valence-electron chi connectivity index (χ1n) is 8.93. The normalized spacial score (nSPS) is 19.0. The second kappa shape index (κ2) is 8.13. The number of nitrogens with zero attached hydrogens (tertiary/aromatic N) is 1. The summed E-state index contributed by atoms with van der Waals surface area (Å²) in [5.41, 5.74) is -2.45. The molecule has 1 heterocycles. The number of rotatable bonds is 4. The minimum Gasteiger partial charge on any atom is -0.308 e. The highest BCUT2D eigenvalue weighted by atomic mass is 19.4. The molecule has 0 aromatic heterocycles. The predicted molar refractivity (Wildman–Crippen MR) is 93.8 cm³/mol. The van der Waals surface area contributed by atoms with E-state index in [1.807, 2.05) is 35.2 Å². The molecule has 28 heavy (non-hydrogen) atoms. The third-order valence-electron chi connectivity index (χ3n) is 4.90. The number of piperazine rings is 1. The smallest absolute Gasteiger partial charge is 0.308 e. The molecule has 0 saturated carbocycles. The van der Waals surface area contributed by atoms with Crippen LogP contribution in [-0.4, -0.2) is 31.1 Å². The number of benzene rings is 2. The van der Waals surface area contributed by atoms with Gasteiger partial charge in [-0.05, 0) is 23.6 Å². The maximum absolute atomic E-state index is 13.4. The largest absolute Gasteiger partial charge is 0.417 e. The lowest BCUT2D eigenvalue weighted by molar-refractivity contribution is -0.162. The number of halogens is 6. The van der Waals surface area contributed by atoms with Gasteiger partial charge in [0.25, 0.3) is 0 Å². The van der Waals surface area contributed by atoms with Crippen molar-refractivity contribution in [1.82, 2.24) is 10.2 Å². The van der Waals surface area contributed by atoms with E-state index in [1.165, 1.54) is 0 Å². The molecule has 1 aliphatic rings. The van der Waals surface area contributed by atoms with Crippen LogP contribution in [0.1, 0.15) is 28.3 Å². The summed E-state index contributed by atoms with van der Waals surface area (Å²) in [6, 6.07) is 12.4. The lowest BCUT2D eigenvalue weighted by atomic mass is 9.97. The molecular formula is C20H20F6N2. The molecule has 2 nitrogen and oxygen atoms in total. The highest BCUT2D eigenvalue weighted by Crippen LogP contribution is 2.42. The van der Waals surface area contributed by atoms with Crippen molar-refractivity contribution < 1.29 is 26.3 Å². The first-order chi connectivity index (χ1) is 13.2. The van der Waals surface area contributed by atoms with Gasteiger partial charge in [-0.1, -0.05) is 42.5 Å². The number of hydrogen-bond acceptors (Lipinski definition) is 2. The van der Waals surface area contributed by atoms with E-state index >= 15 is 0 Å². The van der Waals surface area contributed by atoms with Crippen molar-refractivity contribution in [3.8, 4) is 0 Å². The Bertz CT molecular complexity index is 786. The zero-order valence-corrected chi connectivity index (χ0v) is 14.9. The Hall–Kier alpha value is -2.06. The van der Waals surface area contributed by atoms with Crippen LogP contribution in [0.5, 0.6) is 0 Å². The monoisotopic (exact) mass is 402 g/mol. The van der Waals surface area contributed by atoms with E-state index < -0.39 is 23.5 Å². The van der Waals surface area contributed by atoms with Gasteiger partial charge < -0.3 is 5.32 Å². The first-order valence-corrected chi connectivity index (χ1v) is 8.93. The standard InChI is InChI=1S/C20H20F6N2/c21-19(22,23)16-8-4-7-15(18(16)20(24,25)26)9-11-28-12-10-27-17(13-28)14-5-2-1-3-6-14/h1-8,17,27H,9-13H2. The molecular weight excluding hydrogens is 382 g/mol. The number of hydrogen-bond donors (Lipinski definition) is 1. The Morgan fingerprint density at radius 1 is 0.893 bits per heavy atom. The summed E-state index contributed by atoms with van der Waals surface area (Å²) in [6.45, 7) is 2.14. The van der Waals surface area contributed by atoms with Gasteiger partial charge in [0.05, 0.1) is 11.1 Å². The van der Waals surface area contributed by atoms with Gasteiger partial charge in [-0.15, -0.1) is 0 Å². The van der Waals surface area contributed by atoms with E-state index in [-0.39, 0.29) is 24.6 Å². The Labute approximate surface area is 159 Å². The van der Waals surface area contributed by atoms with Crippen molar-refractivity contribution >= 4 is 0 Å². The van der Waals surface area contributed by atoms with Crippen LogP contribution in [0.15, 0.2) is 48.5 Å². The Balaban J connectivity index is 1.76. The minimum atomic E-state index is -5.06. The van der Waals surface area contributed by atoms with Gasteiger partial charge in [-0.25, -0.2) is 0 Å². The maximum Gasteiger partial charge on any atom is 0.417 e. The Kier molecular flexibility index (Phi) is 6.00. The van der Waals surface area contributed by atoms with Crippen molar-refractivity contribution in [2.45, 2.75) is 24.8 Å². The van der Waals surface area contributed by atoms with E-state index in [2.05, 4.69) is 5.32 Å². The molecule has 1 atom stereocenters. The summed E-state index contributed by atoms with van der Waals surface area (Å²) < 4.78 is 79.3. The number of nitrogens with one attached hydrogen (secondary N) is 1. The molecule has 1 N–H and O–H groups in total. The van der Waals surface area contributed by atoms with Crippen LogP contribution in [0, 0.1) is 0 Å². The summed E-state index contributed by atoms with van der Waals surface area (Å²) in [5.74, 6) is 0. The predicted octanol–water partition coefficient (Wildman–Crippen LogP) is 4.91. The van der Waals surface area contributed by atoms with Gasteiger partial charge in [0.2, 0.25) is 0 Å². The molecule has 0 spiro atoms. The second-order valence-electron chi connectivity index (χ2n) is 6.80. The zero-order valence-electron chi connectivity index (χ0n) is 14.9. The van der Waals surface area contributed by atoms with E-state index in [0.717, 1.165) is 17.7 Å². The molecule has 0 aliphatic carbocycles. The summed E-state index contributed by atoms with van der Waals surface area (Å²) in [4.78, 5) is 1.98. The molecule has 0 amide bonds. The van der Waals surface area contributed by atoms with E-state index in [0.29, 0.717) is 25.7 Å². The molecule has 2 aromatic carbocycles. The fourth-order valence-electron chi connectivity index (χ4n) is 3.58. The molecule has 1 saturated heterocycles. The molecule has 1 fully saturated rings. The average molecular weight is 402 g/mol. The topological polar surface area (TPSA) is 15.3 Å². The molecule has 0 radical (unpaired) electrons. The van der Waals surface area contributed by atoms with Crippen LogP contribution < -0.4 is 5.32 Å². The highest BCUT2D eigenvalue weighted by Gasteiger charge is 2.44. The van der Waals surface area contributed by atoms with Gasteiger partial charge in [-0.2, -0.15) is 26.3 Å². The van der Waals surface area contributed by atoms with Crippen LogP contribution in [0.3, 0.4) is 0 Å². The molecule has 152 valence electrons. The molecule has 3 rings (SSSR count). The van der Waals surface area contributed by atoms with Crippen molar-refractivity contribution in [3.63, 3.8) is 0 Å². The lowest BCUT2D eigenvalue weighted by Gasteiger charge is -2.34. The third-order valence-corrected chi connectivity index (χ3v) is 4.90. The van der Waals surface area contributed by atoms with E-state index in [9.17, 15) is 26.3 Å².